The first-order chi connectivity index (χ1) is 8.49. The van der Waals surface area contributed by atoms with Gasteiger partial charge in [-0.1, -0.05) is 13.8 Å². The van der Waals surface area contributed by atoms with Crippen LogP contribution in [0.25, 0.3) is 0 Å². The lowest BCUT2D eigenvalue weighted by Gasteiger charge is -2.39. The summed E-state index contributed by atoms with van der Waals surface area (Å²) < 4.78 is 0. The molecule has 0 aliphatic carbocycles. The van der Waals surface area contributed by atoms with E-state index in [1.807, 2.05) is 23.9 Å². The van der Waals surface area contributed by atoms with Crippen LogP contribution in [0.1, 0.15) is 30.6 Å². The van der Waals surface area contributed by atoms with Crippen LogP contribution in [0.4, 0.5) is 5.69 Å². The van der Waals surface area contributed by atoms with Gasteiger partial charge in [0.25, 0.3) is 0 Å². The molecule has 1 fully saturated rings. The minimum absolute atomic E-state index is 0.288. The molecule has 0 saturated carbocycles. The molecule has 4 heteroatoms. The maximum absolute atomic E-state index is 10.8. The second-order valence-electron chi connectivity index (χ2n) is 5.39. The van der Waals surface area contributed by atoms with Gasteiger partial charge in [0.2, 0.25) is 0 Å². The van der Waals surface area contributed by atoms with E-state index in [-0.39, 0.29) is 5.41 Å². The van der Waals surface area contributed by atoms with Crippen molar-refractivity contribution in [3.05, 3.63) is 29.8 Å². The van der Waals surface area contributed by atoms with Gasteiger partial charge in [-0.25, -0.2) is 4.79 Å². The van der Waals surface area contributed by atoms with Crippen molar-refractivity contribution in [2.45, 2.75) is 26.3 Å². The lowest BCUT2D eigenvalue weighted by Crippen LogP contribution is -2.41. The highest BCUT2D eigenvalue weighted by Crippen LogP contribution is 2.35. The van der Waals surface area contributed by atoms with Gasteiger partial charge in [0.05, 0.1) is 5.56 Å². The zero-order valence-electron chi connectivity index (χ0n) is 10.8. The normalized spacial score (nSPS) is 22.4. The Balaban J connectivity index is 2.06. The van der Waals surface area contributed by atoms with E-state index in [2.05, 4.69) is 19.2 Å². The lowest BCUT2D eigenvalue weighted by molar-refractivity contribution is 0.0697. The molecule has 18 heavy (non-hydrogen) atoms. The van der Waals surface area contributed by atoms with Crippen molar-refractivity contribution in [2.24, 2.45) is 5.41 Å². The highest BCUT2D eigenvalue weighted by molar-refractivity contribution is 7.99. The second kappa shape index (κ2) is 5.22. The number of nitrogens with one attached hydrogen (secondary N) is 1. The number of carboxylic acids is 1. The van der Waals surface area contributed by atoms with Crippen LogP contribution in [0.15, 0.2) is 24.3 Å². The molecule has 0 spiro atoms. The van der Waals surface area contributed by atoms with Gasteiger partial charge in [-0.3, -0.25) is 0 Å². The third-order valence-corrected chi connectivity index (χ3v) is 4.65. The van der Waals surface area contributed by atoms with E-state index in [0.29, 0.717) is 11.6 Å². The zero-order valence-corrected chi connectivity index (χ0v) is 11.6. The van der Waals surface area contributed by atoms with Gasteiger partial charge in [-0.05, 0) is 41.9 Å². The molecule has 1 unspecified atom stereocenters. The van der Waals surface area contributed by atoms with Crippen molar-refractivity contribution in [1.29, 1.82) is 0 Å². The van der Waals surface area contributed by atoms with Crippen LogP contribution in [-0.2, 0) is 0 Å². The van der Waals surface area contributed by atoms with Crippen LogP contribution >= 0.6 is 11.8 Å². The molecule has 1 aliphatic heterocycles. The molecule has 0 amide bonds. The summed E-state index contributed by atoms with van der Waals surface area (Å²) in [5, 5.41) is 12.4. The average Bonchev–Trinajstić information content (AvgIpc) is 2.32. The van der Waals surface area contributed by atoms with Gasteiger partial charge in [-0.15, -0.1) is 0 Å². The standard InChI is InChI=1S/C14H19NO2S/c1-14(2)7-8-18-9-12(14)15-11-5-3-10(4-6-11)13(16)17/h3-6,12,15H,7-9H2,1-2H3,(H,16,17). The number of thioether (sulfide) groups is 1. The largest absolute Gasteiger partial charge is 0.478 e. The van der Waals surface area contributed by atoms with E-state index in [4.69, 9.17) is 5.11 Å². The smallest absolute Gasteiger partial charge is 0.335 e. The molecule has 1 atom stereocenters. The zero-order chi connectivity index (χ0) is 13.2. The van der Waals surface area contributed by atoms with Crippen LogP contribution in [-0.4, -0.2) is 28.6 Å². The topological polar surface area (TPSA) is 49.3 Å². The van der Waals surface area contributed by atoms with Crippen LogP contribution in [0.2, 0.25) is 0 Å². The predicted molar refractivity (Wildman–Crippen MR) is 76.5 cm³/mol. The van der Waals surface area contributed by atoms with Crippen LogP contribution in [0.5, 0.6) is 0 Å². The van der Waals surface area contributed by atoms with Crippen molar-refractivity contribution >= 4 is 23.4 Å². The van der Waals surface area contributed by atoms with E-state index in [0.717, 1.165) is 11.4 Å². The summed E-state index contributed by atoms with van der Waals surface area (Å²) in [4.78, 5) is 10.8. The Morgan fingerprint density at radius 2 is 2.06 bits per heavy atom. The summed E-state index contributed by atoms with van der Waals surface area (Å²) in [5.41, 5.74) is 1.62. The highest BCUT2D eigenvalue weighted by Gasteiger charge is 2.32. The maximum atomic E-state index is 10.8. The number of anilines is 1. The maximum Gasteiger partial charge on any atom is 0.335 e. The molecule has 0 aromatic heterocycles. The number of aromatic carboxylic acids is 1. The Labute approximate surface area is 112 Å². The van der Waals surface area contributed by atoms with E-state index < -0.39 is 5.97 Å². The Morgan fingerprint density at radius 3 is 2.61 bits per heavy atom. The number of benzene rings is 1. The number of carboxylic acid groups (broad SMARTS) is 1. The van der Waals surface area contributed by atoms with Crippen LogP contribution in [0.3, 0.4) is 0 Å². The fourth-order valence-corrected chi connectivity index (χ4v) is 3.69. The Hall–Kier alpha value is -1.16. The minimum atomic E-state index is -0.880. The Morgan fingerprint density at radius 1 is 1.39 bits per heavy atom. The molecular weight excluding hydrogens is 246 g/mol. The van der Waals surface area contributed by atoms with Gasteiger partial charge in [-0.2, -0.15) is 11.8 Å². The van der Waals surface area contributed by atoms with Crippen LogP contribution < -0.4 is 5.32 Å². The summed E-state index contributed by atoms with van der Waals surface area (Å²) in [5.74, 6) is 1.45. The molecule has 1 aromatic rings. The fraction of sp³-hybridized carbons (Fsp3) is 0.500. The molecule has 1 heterocycles. The summed E-state index contributed by atoms with van der Waals surface area (Å²) in [6, 6.07) is 7.42. The summed E-state index contributed by atoms with van der Waals surface area (Å²) in [6.45, 7) is 4.58. The van der Waals surface area contributed by atoms with E-state index in [1.165, 1.54) is 12.2 Å². The number of hydrogen-bond donors (Lipinski definition) is 2. The Bertz CT molecular complexity index is 428. The first-order valence-electron chi connectivity index (χ1n) is 6.17. The molecule has 1 aliphatic rings. The Kier molecular flexibility index (Phi) is 3.85. The third kappa shape index (κ3) is 2.99. The molecule has 3 nitrogen and oxygen atoms in total. The second-order valence-corrected chi connectivity index (χ2v) is 6.54. The number of carbonyl (C=O) groups is 1. The van der Waals surface area contributed by atoms with Gasteiger partial charge < -0.3 is 10.4 Å². The van der Waals surface area contributed by atoms with Crippen molar-refractivity contribution in [3.63, 3.8) is 0 Å². The van der Waals surface area contributed by atoms with Gasteiger partial charge >= 0.3 is 5.97 Å². The summed E-state index contributed by atoms with van der Waals surface area (Å²) in [6.07, 6.45) is 1.21. The van der Waals surface area contributed by atoms with Gasteiger partial charge in [0.15, 0.2) is 0 Å². The van der Waals surface area contributed by atoms with Crippen LogP contribution in [0, 0.1) is 5.41 Å². The van der Waals surface area contributed by atoms with Gasteiger partial charge in [0, 0.05) is 17.5 Å². The number of hydrogen-bond acceptors (Lipinski definition) is 3. The molecule has 0 radical (unpaired) electrons. The molecule has 2 N–H and O–H groups in total. The van der Waals surface area contributed by atoms with Crippen molar-refractivity contribution < 1.29 is 9.90 Å². The lowest BCUT2D eigenvalue weighted by atomic mass is 9.82. The molecule has 1 aromatic carbocycles. The summed E-state index contributed by atoms with van der Waals surface area (Å²) in [7, 11) is 0. The van der Waals surface area contributed by atoms with E-state index in [1.54, 1.807) is 12.1 Å². The molecule has 2 rings (SSSR count). The molecule has 1 saturated heterocycles. The monoisotopic (exact) mass is 265 g/mol. The van der Waals surface area contributed by atoms with Crippen molar-refractivity contribution in [2.75, 3.05) is 16.8 Å². The van der Waals surface area contributed by atoms with E-state index in [9.17, 15) is 4.79 Å². The fourth-order valence-electron chi connectivity index (χ4n) is 2.08. The number of rotatable bonds is 3. The van der Waals surface area contributed by atoms with E-state index >= 15 is 0 Å². The van der Waals surface area contributed by atoms with Gasteiger partial charge in [0.1, 0.15) is 0 Å². The third-order valence-electron chi connectivity index (χ3n) is 3.59. The molecule has 98 valence electrons. The average molecular weight is 265 g/mol. The predicted octanol–water partition coefficient (Wildman–Crippen LogP) is 3.33. The highest BCUT2D eigenvalue weighted by atomic mass is 32.2. The minimum Gasteiger partial charge on any atom is -0.478 e. The molecular formula is C14H19NO2S. The van der Waals surface area contributed by atoms with Crippen molar-refractivity contribution in [1.82, 2.24) is 0 Å². The van der Waals surface area contributed by atoms with Crippen molar-refractivity contribution in [3.8, 4) is 0 Å². The first kappa shape index (κ1) is 13.3. The first-order valence-corrected chi connectivity index (χ1v) is 7.32. The quantitative estimate of drug-likeness (QED) is 0.880. The SMILES string of the molecule is CC1(C)CCSCC1Nc1ccc(C(=O)O)cc1. The summed E-state index contributed by atoms with van der Waals surface area (Å²) >= 11 is 1.98. The molecule has 0 bridgehead atoms.